The van der Waals surface area contributed by atoms with Gasteiger partial charge in [0.15, 0.2) is 5.78 Å². The Kier molecular flexibility index (Phi) is 23.9. The van der Waals surface area contributed by atoms with Crippen molar-refractivity contribution in [2.45, 2.75) is 104 Å². The zero-order valence-electron chi connectivity index (χ0n) is 43.5. The van der Waals surface area contributed by atoms with Gasteiger partial charge in [0.05, 0.1) is 35.5 Å². The van der Waals surface area contributed by atoms with Crippen LogP contribution in [0.15, 0.2) is 91.0 Å². The van der Waals surface area contributed by atoms with Gasteiger partial charge in [0.1, 0.15) is 12.5 Å². The first-order chi connectivity index (χ1) is 36.4. The number of aromatic nitrogens is 1. The van der Waals surface area contributed by atoms with E-state index < -0.39 is 41.6 Å². The van der Waals surface area contributed by atoms with Crippen molar-refractivity contribution in [3.05, 3.63) is 130 Å². The molecule has 0 fully saturated rings. The van der Waals surface area contributed by atoms with Crippen molar-refractivity contribution in [3.63, 3.8) is 0 Å². The summed E-state index contributed by atoms with van der Waals surface area (Å²) in [6.45, 7) is 7.43. The number of benzene rings is 3. The van der Waals surface area contributed by atoms with Crippen LogP contribution < -0.4 is 21.7 Å². The Hall–Kier alpha value is -7.13. The van der Waals surface area contributed by atoms with E-state index in [9.17, 15) is 48.9 Å². The van der Waals surface area contributed by atoms with Gasteiger partial charge in [-0.25, -0.2) is 0 Å². The lowest BCUT2D eigenvalue weighted by atomic mass is 9.87. The van der Waals surface area contributed by atoms with E-state index in [1.54, 1.807) is 41.0 Å². The molecule has 20 heteroatoms. The Morgan fingerprint density at radius 3 is 1.99 bits per heavy atom. The molecule has 4 aromatic rings. The quantitative estimate of drug-likeness (QED) is 0.0311. The van der Waals surface area contributed by atoms with Crippen LogP contribution in [-0.2, 0) is 83.7 Å². The van der Waals surface area contributed by atoms with Crippen molar-refractivity contribution in [2.24, 2.45) is 23.5 Å². The number of amides is 3. The molecule has 2 bridgehead atoms. The number of carboxylic acids is 2. The van der Waals surface area contributed by atoms with Crippen LogP contribution >= 0.6 is 12.2 Å². The highest BCUT2D eigenvalue weighted by Crippen LogP contribution is 2.22. The molecule has 76 heavy (non-hydrogen) atoms. The van der Waals surface area contributed by atoms with Crippen LogP contribution in [0.4, 0.5) is 0 Å². The van der Waals surface area contributed by atoms with Gasteiger partial charge in [0, 0.05) is 83.0 Å². The summed E-state index contributed by atoms with van der Waals surface area (Å²) in [5.41, 5.74) is 11.4. The lowest BCUT2D eigenvalue weighted by molar-refractivity contribution is -0.140. The summed E-state index contributed by atoms with van der Waals surface area (Å²) in [5, 5.41) is 38.2. The second-order valence-electron chi connectivity index (χ2n) is 19.7. The number of rotatable bonds is 28. The molecule has 8 N–H and O–H groups in total. The van der Waals surface area contributed by atoms with Gasteiger partial charge in [-0.05, 0) is 77.3 Å². The molecule has 3 aromatic carbocycles. The minimum Gasteiger partial charge on any atom is -0.508 e. The molecule has 19 nitrogen and oxygen atoms in total. The number of fused-ring (bicyclic) bond motifs is 2. The third kappa shape index (κ3) is 20.5. The van der Waals surface area contributed by atoms with Crippen LogP contribution in [0.1, 0.15) is 85.7 Å². The number of hydrogen-bond donors (Lipinski definition) is 7. The highest BCUT2D eigenvalue weighted by molar-refractivity contribution is 7.80. The molecule has 0 radical (unpaired) electrons. The number of carbonyl (C=O) groups is 7. The molecular weight excluding hydrogens is 993 g/mol. The number of phenolic OH excluding ortho intramolecular Hbond substituents is 1. The normalized spacial score (nSPS) is 16.1. The number of carbonyl (C=O) groups excluding carboxylic acids is 5. The van der Waals surface area contributed by atoms with E-state index in [4.69, 9.17) is 27.7 Å². The number of nitrogens with one attached hydrogen (secondary N) is 3. The second kappa shape index (κ2) is 30.4. The van der Waals surface area contributed by atoms with Crippen molar-refractivity contribution in [1.82, 2.24) is 35.6 Å². The van der Waals surface area contributed by atoms with E-state index >= 15 is 0 Å². The van der Waals surface area contributed by atoms with Crippen LogP contribution in [0.3, 0.4) is 0 Å². The fourth-order valence-corrected chi connectivity index (χ4v) is 9.29. The number of nitrogens with zero attached hydrogens (tertiary/aromatic N) is 4. The van der Waals surface area contributed by atoms with Gasteiger partial charge in [0.2, 0.25) is 17.7 Å². The maximum Gasteiger partial charge on any atom is 0.317 e. The lowest BCUT2D eigenvalue weighted by Gasteiger charge is -2.36. The molecular formula is C56H72N8O11S. The Morgan fingerprint density at radius 1 is 0.789 bits per heavy atom. The summed E-state index contributed by atoms with van der Waals surface area (Å²) in [5.74, 6) is -5.02. The average Bonchev–Trinajstić information content (AvgIpc) is 3.38. The summed E-state index contributed by atoms with van der Waals surface area (Å²) in [4.78, 5) is 98.6. The summed E-state index contributed by atoms with van der Waals surface area (Å²) in [7, 11) is 0. The van der Waals surface area contributed by atoms with Crippen molar-refractivity contribution in [3.8, 4) is 5.75 Å². The van der Waals surface area contributed by atoms with Crippen LogP contribution in [-0.4, -0.2) is 133 Å². The molecule has 1 aromatic heterocycles. The lowest BCUT2D eigenvalue weighted by Crippen LogP contribution is -2.49. The van der Waals surface area contributed by atoms with E-state index in [1.165, 1.54) is 0 Å². The molecule has 0 spiro atoms. The Labute approximate surface area is 449 Å². The first-order valence-electron chi connectivity index (χ1n) is 25.6. The largest absolute Gasteiger partial charge is 0.508 e. The van der Waals surface area contributed by atoms with Gasteiger partial charge in [-0.3, -0.25) is 53.2 Å². The standard InChI is InChI=1S/C56H72N8O11S/c1-4-37(2)54(61-55(73)38(3)24-39-16-19-48(66)20-17-39)49(67)27-44(18-21-50(57)68)56(74)59-29-43-14-12-42(13-15-43)28-58-51(76)26-41-10-8-40(9-11-41)25-47-32-63(34-53(71)72)23-22-62(33-52(69)70)30-45-6-5-7-46(60-45)31-64(47)35-75-36-65/h5-17,19-20,36-38,44,47,54,66H,4,18,21-35H2,1-3H3,(H2,57,68)(H,58,76)(H,59,74)(H,61,73)(H,69,70)(H,71,72)/t37?,38-,44+,47-,54-/m0/s1. The maximum absolute atomic E-state index is 13.8. The third-order valence-electron chi connectivity index (χ3n) is 13.5. The number of aliphatic carboxylic acids is 2. The molecule has 408 valence electrons. The summed E-state index contributed by atoms with van der Waals surface area (Å²) in [6, 6.07) is 26.5. The Balaban J connectivity index is 1.15. The van der Waals surface area contributed by atoms with Crippen LogP contribution in [0.5, 0.6) is 5.75 Å². The Bertz CT molecular complexity index is 2580. The smallest absolute Gasteiger partial charge is 0.317 e. The monoisotopic (exact) mass is 1060 g/mol. The molecule has 3 amide bonds. The summed E-state index contributed by atoms with van der Waals surface area (Å²) < 4.78 is 5.27. The highest BCUT2D eigenvalue weighted by atomic mass is 32.1. The van der Waals surface area contributed by atoms with Gasteiger partial charge < -0.3 is 41.7 Å². The molecule has 5 rings (SSSR count). The average molecular weight is 1070 g/mol. The van der Waals surface area contributed by atoms with Gasteiger partial charge >= 0.3 is 11.9 Å². The number of pyridine rings is 1. The number of hydrogen-bond acceptors (Lipinski definition) is 14. The zero-order chi connectivity index (χ0) is 55.1. The number of aromatic hydroxyl groups is 1. The predicted octanol–water partition coefficient (Wildman–Crippen LogP) is 4.14. The SMILES string of the molecule is CCC(C)[C@H](NC(=O)[C@@H](C)Cc1ccc(O)cc1)C(=O)C[C@@H](CCC(N)=O)C(=O)NCc1ccc(CNC(=S)Cc2ccc(C[C@H]3CN(CC(=O)O)CCN(CC(=O)O)Cc4cccc(n4)CN3COC=O)cc2)cc1. The third-order valence-corrected chi connectivity index (χ3v) is 13.8. The van der Waals surface area contributed by atoms with Gasteiger partial charge in [-0.15, -0.1) is 0 Å². The molecule has 1 unspecified atom stereocenters. The van der Waals surface area contributed by atoms with Crippen molar-refractivity contribution >= 4 is 59.1 Å². The topological polar surface area (TPSA) is 274 Å². The van der Waals surface area contributed by atoms with Crippen molar-refractivity contribution in [1.29, 1.82) is 0 Å². The molecule has 0 aliphatic carbocycles. The fourth-order valence-electron chi connectivity index (χ4n) is 9.05. The van der Waals surface area contributed by atoms with E-state index in [1.807, 2.05) is 85.5 Å². The zero-order valence-corrected chi connectivity index (χ0v) is 44.3. The molecule has 0 saturated carbocycles. The number of carboxylic acid groups (broad SMARTS) is 2. The molecule has 1 aliphatic rings. The summed E-state index contributed by atoms with van der Waals surface area (Å²) >= 11 is 5.73. The number of ketones is 1. The minimum atomic E-state index is -1.02. The van der Waals surface area contributed by atoms with E-state index in [-0.39, 0.29) is 94.7 Å². The highest BCUT2D eigenvalue weighted by Gasteiger charge is 2.32. The number of phenols is 1. The van der Waals surface area contributed by atoms with E-state index in [2.05, 4.69) is 16.0 Å². The molecule has 1 aliphatic heterocycles. The van der Waals surface area contributed by atoms with Gasteiger partial charge in [-0.2, -0.15) is 0 Å². The first-order valence-corrected chi connectivity index (χ1v) is 26.0. The number of thiocarbonyl (C=S) groups is 1. The fraction of sp³-hybridized carbons (Fsp3) is 0.446. The number of nitrogens with two attached hydrogens (primary N) is 1. The van der Waals surface area contributed by atoms with Crippen LogP contribution in [0.2, 0.25) is 0 Å². The van der Waals surface area contributed by atoms with Crippen LogP contribution in [0.25, 0.3) is 0 Å². The molecule has 0 saturated heterocycles. The van der Waals surface area contributed by atoms with Gasteiger partial charge in [0.25, 0.3) is 6.47 Å². The van der Waals surface area contributed by atoms with Gasteiger partial charge in [-0.1, -0.05) is 106 Å². The van der Waals surface area contributed by atoms with E-state index in [0.29, 0.717) is 68.2 Å². The summed E-state index contributed by atoms with van der Waals surface area (Å²) in [6.07, 6.45) is 1.74. The second-order valence-corrected chi connectivity index (χ2v) is 20.2. The molecule has 2 heterocycles. The van der Waals surface area contributed by atoms with Crippen molar-refractivity contribution < 1.29 is 53.6 Å². The Morgan fingerprint density at radius 2 is 1.37 bits per heavy atom. The van der Waals surface area contributed by atoms with Crippen LogP contribution in [0, 0.1) is 17.8 Å². The number of Topliss-reactive ketones (excluding diaryl/α,β-unsaturated/α-hetero) is 1. The first kappa shape index (κ1) is 59.7. The predicted molar refractivity (Wildman–Crippen MR) is 288 cm³/mol. The molecule has 5 atom stereocenters. The minimum absolute atomic E-state index is 0.0536. The maximum atomic E-state index is 13.8. The van der Waals surface area contributed by atoms with Crippen molar-refractivity contribution in [2.75, 3.05) is 39.5 Å². The van der Waals surface area contributed by atoms with E-state index in [0.717, 1.165) is 27.8 Å². The number of primary amides is 1. The number of ether oxygens (including phenoxy) is 1.